The highest BCUT2D eigenvalue weighted by Gasteiger charge is 2.09. The van der Waals surface area contributed by atoms with Crippen molar-refractivity contribution in [2.75, 3.05) is 37.9 Å². The average Bonchev–Trinajstić information content (AvgIpc) is 2.68. The number of nitrogens with two attached hydrogens (primary N) is 1. The van der Waals surface area contributed by atoms with Gasteiger partial charge in [0, 0.05) is 18.0 Å². The molecule has 0 aliphatic rings. The zero-order valence-corrected chi connectivity index (χ0v) is 11.6. The van der Waals surface area contributed by atoms with Crippen molar-refractivity contribution in [2.45, 2.75) is 6.92 Å². The first-order valence-corrected chi connectivity index (χ1v) is 6.55. The van der Waals surface area contributed by atoms with E-state index in [1.54, 1.807) is 11.3 Å². The molecule has 0 spiro atoms. The molecule has 0 radical (unpaired) electrons. The zero-order chi connectivity index (χ0) is 13.1. The Hall–Kier alpha value is -1.44. The summed E-state index contributed by atoms with van der Waals surface area (Å²) in [7, 11) is 4.08. The first-order valence-electron chi connectivity index (χ1n) is 5.73. The second-order valence-corrected chi connectivity index (χ2v) is 5.58. The van der Waals surface area contributed by atoms with Gasteiger partial charge in [-0.1, -0.05) is 0 Å². The van der Waals surface area contributed by atoms with Gasteiger partial charge >= 0.3 is 0 Å². The summed E-state index contributed by atoms with van der Waals surface area (Å²) in [6, 6.07) is 2.10. The number of nitrogen functional groups attached to an aromatic ring is 1. The van der Waals surface area contributed by atoms with Crippen molar-refractivity contribution < 1.29 is 0 Å². The van der Waals surface area contributed by atoms with Gasteiger partial charge in [-0.25, -0.2) is 10.8 Å². The van der Waals surface area contributed by atoms with Crippen molar-refractivity contribution in [3.63, 3.8) is 0 Å². The molecule has 98 valence electrons. The van der Waals surface area contributed by atoms with Gasteiger partial charge in [0.15, 0.2) is 0 Å². The first kappa shape index (κ1) is 13.0. The summed E-state index contributed by atoms with van der Waals surface area (Å²) in [5, 5.41) is 4.38. The fourth-order valence-corrected chi connectivity index (χ4v) is 2.52. The third-order valence-corrected chi connectivity index (χ3v) is 3.44. The van der Waals surface area contributed by atoms with E-state index >= 15 is 0 Å². The highest BCUT2D eigenvalue weighted by Crippen LogP contribution is 2.29. The minimum absolute atomic E-state index is 0.441. The lowest BCUT2D eigenvalue weighted by Gasteiger charge is -2.12. The van der Waals surface area contributed by atoms with E-state index in [0.29, 0.717) is 5.95 Å². The topological polar surface area (TPSA) is 79.1 Å². The fraction of sp³-hybridized carbons (Fsp3) is 0.455. The van der Waals surface area contributed by atoms with Gasteiger partial charge in [0.2, 0.25) is 5.95 Å². The molecule has 0 atom stereocenters. The van der Waals surface area contributed by atoms with Crippen molar-refractivity contribution in [3.05, 3.63) is 10.9 Å². The molecular weight excluding hydrogens is 248 g/mol. The predicted molar refractivity (Wildman–Crippen MR) is 77.0 cm³/mol. The Morgan fingerprint density at radius 1 is 1.39 bits per heavy atom. The standard InChI is InChI=1S/C11H18N6S/c1-7-6-8-9(13-4-5-17(2)3)14-11(16-12)15-10(8)18-7/h6H,4-5,12H2,1-3H3,(H2,13,14,15,16). The van der Waals surface area contributed by atoms with Crippen molar-refractivity contribution in [1.82, 2.24) is 14.9 Å². The fourth-order valence-electron chi connectivity index (χ4n) is 1.64. The van der Waals surface area contributed by atoms with E-state index in [4.69, 9.17) is 5.84 Å². The number of hydrazine groups is 1. The van der Waals surface area contributed by atoms with Gasteiger partial charge in [-0.2, -0.15) is 4.98 Å². The van der Waals surface area contributed by atoms with Crippen LogP contribution in [0.25, 0.3) is 10.2 Å². The zero-order valence-electron chi connectivity index (χ0n) is 10.8. The van der Waals surface area contributed by atoms with E-state index < -0.39 is 0 Å². The number of rotatable bonds is 5. The average molecular weight is 266 g/mol. The molecule has 7 heteroatoms. The van der Waals surface area contributed by atoms with E-state index in [0.717, 1.165) is 29.1 Å². The normalized spacial score (nSPS) is 11.2. The number of nitrogens with zero attached hydrogens (tertiary/aromatic N) is 3. The summed E-state index contributed by atoms with van der Waals surface area (Å²) < 4.78 is 0. The molecule has 0 amide bonds. The second kappa shape index (κ2) is 5.47. The maximum Gasteiger partial charge on any atom is 0.240 e. The molecule has 2 aromatic heterocycles. The number of thiophene rings is 1. The lowest BCUT2D eigenvalue weighted by atomic mass is 10.3. The molecule has 18 heavy (non-hydrogen) atoms. The second-order valence-electron chi connectivity index (χ2n) is 4.35. The quantitative estimate of drug-likeness (QED) is 0.558. The number of anilines is 2. The molecule has 0 fully saturated rings. The Bertz CT molecular complexity index is 536. The monoisotopic (exact) mass is 266 g/mol. The van der Waals surface area contributed by atoms with Gasteiger partial charge in [0.1, 0.15) is 10.6 Å². The minimum atomic E-state index is 0.441. The number of likely N-dealkylation sites (N-methyl/N-ethyl adjacent to an activating group) is 1. The van der Waals surface area contributed by atoms with Crippen LogP contribution in [0.2, 0.25) is 0 Å². The van der Waals surface area contributed by atoms with Crippen molar-refractivity contribution in [2.24, 2.45) is 5.84 Å². The van der Waals surface area contributed by atoms with Crippen LogP contribution in [0.15, 0.2) is 6.07 Å². The Kier molecular flexibility index (Phi) is 3.95. The van der Waals surface area contributed by atoms with Gasteiger partial charge in [0.25, 0.3) is 0 Å². The summed E-state index contributed by atoms with van der Waals surface area (Å²) in [6.07, 6.45) is 0. The minimum Gasteiger partial charge on any atom is -0.368 e. The summed E-state index contributed by atoms with van der Waals surface area (Å²) in [6.45, 7) is 3.84. The van der Waals surface area contributed by atoms with E-state index in [1.165, 1.54) is 4.88 Å². The van der Waals surface area contributed by atoms with Crippen LogP contribution in [-0.4, -0.2) is 42.1 Å². The first-order chi connectivity index (χ1) is 8.60. The molecule has 0 aliphatic heterocycles. The Balaban J connectivity index is 2.28. The largest absolute Gasteiger partial charge is 0.368 e. The van der Waals surface area contributed by atoms with Crippen LogP contribution in [0.1, 0.15) is 4.88 Å². The van der Waals surface area contributed by atoms with Crippen LogP contribution < -0.4 is 16.6 Å². The molecule has 2 rings (SSSR count). The van der Waals surface area contributed by atoms with E-state index in [2.05, 4.69) is 38.6 Å². The van der Waals surface area contributed by atoms with Gasteiger partial charge < -0.3 is 10.2 Å². The van der Waals surface area contributed by atoms with E-state index in [1.807, 2.05) is 14.1 Å². The van der Waals surface area contributed by atoms with Crippen LogP contribution in [-0.2, 0) is 0 Å². The molecule has 6 nitrogen and oxygen atoms in total. The Labute approximate surface area is 110 Å². The molecule has 0 aromatic carbocycles. The third-order valence-electron chi connectivity index (χ3n) is 2.50. The van der Waals surface area contributed by atoms with Crippen LogP contribution in [0.3, 0.4) is 0 Å². The highest BCUT2D eigenvalue weighted by molar-refractivity contribution is 7.18. The lowest BCUT2D eigenvalue weighted by Crippen LogP contribution is -2.21. The van der Waals surface area contributed by atoms with Crippen LogP contribution in [0.4, 0.5) is 11.8 Å². The number of hydrogen-bond acceptors (Lipinski definition) is 7. The number of hydrogen-bond donors (Lipinski definition) is 3. The third kappa shape index (κ3) is 2.87. The molecule has 0 bridgehead atoms. The highest BCUT2D eigenvalue weighted by atomic mass is 32.1. The van der Waals surface area contributed by atoms with Crippen molar-refractivity contribution in [1.29, 1.82) is 0 Å². The molecule has 0 saturated heterocycles. The lowest BCUT2D eigenvalue weighted by molar-refractivity contribution is 0.425. The summed E-state index contributed by atoms with van der Waals surface area (Å²) in [5.41, 5.74) is 2.50. The smallest absolute Gasteiger partial charge is 0.240 e. The number of fused-ring (bicyclic) bond motifs is 1. The van der Waals surface area contributed by atoms with E-state index in [-0.39, 0.29) is 0 Å². The molecule has 4 N–H and O–H groups in total. The summed E-state index contributed by atoms with van der Waals surface area (Å²) >= 11 is 1.64. The molecular formula is C11H18N6S. The van der Waals surface area contributed by atoms with Crippen LogP contribution in [0, 0.1) is 6.92 Å². The van der Waals surface area contributed by atoms with Crippen LogP contribution in [0.5, 0.6) is 0 Å². The number of nitrogens with one attached hydrogen (secondary N) is 2. The predicted octanol–water partition coefficient (Wildman–Crippen LogP) is 1.26. The number of aromatic nitrogens is 2. The Morgan fingerprint density at radius 3 is 2.83 bits per heavy atom. The Morgan fingerprint density at radius 2 is 2.17 bits per heavy atom. The van der Waals surface area contributed by atoms with Gasteiger partial charge in [-0.15, -0.1) is 11.3 Å². The maximum atomic E-state index is 5.39. The van der Waals surface area contributed by atoms with E-state index in [9.17, 15) is 0 Å². The van der Waals surface area contributed by atoms with Crippen molar-refractivity contribution >= 4 is 33.3 Å². The van der Waals surface area contributed by atoms with Gasteiger partial charge in [-0.3, -0.25) is 5.43 Å². The summed E-state index contributed by atoms with van der Waals surface area (Å²) in [5.74, 6) is 6.66. The van der Waals surface area contributed by atoms with Crippen LogP contribution >= 0.6 is 11.3 Å². The summed E-state index contributed by atoms with van der Waals surface area (Å²) in [4.78, 5) is 13.0. The van der Waals surface area contributed by atoms with Gasteiger partial charge in [0.05, 0.1) is 5.39 Å². The molecule has 2 heterocycles. The molecule has 0 aliphatic carbocycles. The van der Waals surface area contributed by atoms with Crippen molar-refractivity contribution in [3.8, 4) is 0 Å². The number of aryl methyl sites for hydroxylation is 1. The molecule has 0 saturated carbocycles. The SMILES string of the molecule is Cc1cc2c(NCCN(C)C)nc(NN)nc2s1. The molecule has 0 unspecified atom stereocenters. The molecule has 2 aromatic rings. The van der Waals surface area contributed by atoms with Gasteiger partial charge in [-0.05, 0) is 27.1 Å². The maximum absolute atomic E-state index is 5.39.